The summed E-state index contributed by atoms with van der Waals surface area (Å²) in [4.78, 5) is 37.4. The fourth-order valence-electron chi connectivity index (χ4n) is 3.22. The van der Waals surface area contributed by atoms with Crippen LogP contribution in [0.2, 0.25) is 0 Å². The average Bonchev–Trinajstić information content (AvgIpc) is 3.25. The molecule has 1 aliphatic heterocycles. The Kier molecular flexibility index (Phi) is 6.06. The molecule has 0 N–H and O–H groups in total. The minimum absolute atomic E-state index is 0.0140. The summed E-state index contributed by atoms with van der Waals surface area (Å²) in [6, 6.07) is 7.43. The zero-order valence-corrected chi connectivity index (χ0v) is 15.7. The highest BCUT2D eigenvalue weighted by atomic mass is 19.1. The van der Waals surface area contributed by atoms with Crippen LogP contribution in [0, 0.1) is 15.9 Å². The largest absolute Gasteiger partial charge is 0.496 e. The first-order chi connectivity index (χ1) is 13.9. The molecule has 0 saturated carbocycles. The maximum atomic E-state index is 13.5. The van der Waals surface area contributed by atoms with E-state index in [1.54, 1.807) is 0 Å². The zero-order valence-electron chi connectivity index (χ0n) is 15.7. The van der Waals surface area contributed by atoms with Crippen LogP contribution in [-0.2, 0) is 4.74 Å². The van der Waals surface area contributed by atoms with Crippen LogP contribution < -0.4 is 9.64 Å². The number of esters is 1. The number of anilines is 1. The number of hydrogen-bond acceptors (Lipinski definition) is 7. The first-order valence-corrected chi connectivity index (χ1v) is 8.98. The number of ether oxygens (including phenoxy) is 2. The van der Waals surface area contributed by atoms with Gasteiger partial charge in [-0.25, -0.2) is 9.18 Å². The lowest BCUT2D eigenvalue weighted by Gasteiger charge is -2.20. The number of hydrogen-bond donors (Lipinski definition) is 0. The Hall–Kier alpha value is -3.49. The van der Waals surface area contributed by atoms with Crippen molar-refractivity contribution in [3.8, 4) is 5.75 Å². The van der Waals surface area contributed by atoms with E-state index in [0.29, 0.717) is 5.69 Å². The van der Waals surface area contributed by atoms with Crippen molar-refractivity contribution in [1.29, 1.82) is 0 Å². The summed E-state index contributed by atoms with van der Waals surface area (Å²) in [5, 5.41) is 11.1. The number of carbonyl (C=O) groups is 2. The summed E-state index contributed by atoms with van der Waals surface area (Å²) in [6.07, 6.45) is 1.90. The van der Waals surface area contributed by atoms with Gasteiger partial charge in [-0.2, -0.15) is 0 Å². The van der Waals surface area contributed by atoms with E-state index in [1.807, 2.05) is 4.90 Å². The van der Waals surface area contributed by atoms with Crippen molar-refractivity contribution >= 4 is 23.1 Å². The average molecular weight is 402 g/mol. The van der Waals surface area contributed by atoms with Gasteiger partial charge in [-0.3, -0.25) is 14.9 Å². The second-order valence-electron chi connectivity index (χ2n) is 6.50. The van der Waals surface area contributed by atoms with E-state index in [1.165, 1.54) is 25.3 Å². The molecule has 1 heterocycles. The monoisotopic (exact) mass is 402 g/mol. The van der Waals surface area contributed by atoms with Gasteiger partial charge in [-0.15, -0.1) is 0 Å². The first-order valence-electron chi connectivity index (χ1n) is 8.98. The molecule has 0 radical (unpaired) electrons. The third kappa shape index (κ3) is 4.50. The van der Waals surface area contributed by atoms with E-state index in [-0.39, 0.29) is 22.6 Å². The van der Waals surface area contributed by atoms with E-state index >= 15 is 0 Å². The van der Waals surface area contributed by atoms with Gasteiger partial charge in [-0.1, -0.05) is 0 Å². The number of methoxy groups -OCH3 is 1. The molecule has 3 rings (SSSR count). The molecular weight excluding hydrogens is 383 g/mol. The highest BCUT2D eigenvalue weighted by molar-refractivity contribution is 6.02. The smallest absolute Gasteiger partial charge is 0.340 e. The van der Waals surface area contributed by atoms with Gasteiger partial charge in [0.2, 0.25) is 5.78 Å². The summed E-state index contributed by atoms with van der Waals surface area (Å²) in [5.74, 6) is -1.99. The van der Waals surface area contributed by atoms with Crippen LogP contribution in [0.25, 0.3) is 0 Å². The maximum Gasteiger partial charge on any atom is 0.340 e. The highest BCUT2D eigenvalue weighted by Crippen LogP contribution is 2.29. The predicted octanol–water partition coefficient (Wildman–Crippen LogP) is 3.38. The zero-order chi connectivity index (χ0) is 21.0. The molecule has 2 aromatic carbocycles. The number of non-ortho nitro benzene ring substituents is 1. The molecule has 0 bridgehead atoms. The molecule has 0 atom stereocenters. The molecular formula is C20H19FN2O6. The summed E-state index contributed by atoms with van der Waals surface area (Å²) in [6.45, 7) is 0.788. The Bertz CT molecular complexity index is 956. The highest BCUT2D eigenvalue weighted by Gasteiger charge is 2.24. The van der Waals surface area contributed by atoms with Gasteiger partial charge < -0.3 is 14.4 Å². The minimum Gasteiger partial charge on any atom is -0.496 e. The van der Waals surface area contributed by atoms with Crippen molar-refractivity contribution in [1.82, 2.24) is 0 Å². The van der Waals surface area contributed by atoms with Crippen LogP contribution in [0.4, 0.5) is 15.8 Å². The Morgan fingerprint density at radius 2 is 1.86 bits per heavy atom. The lowest BCUT2D eigenvalue weighted by Crippen LogP contribution is -2.22. The number of carbonyl (C=O) groups excluding carboxylic acids is 2. The summed E-state index contributed by atoms with van der Waals surface area (Å²) < 4.78 is 23.6. The van der Waals surface area contributed by atoms with Gasteiger partial charge in [0.05, 0.1) is 28.8 Å². The molecule has 0 amide bonds. The number of nitro groups is 1. The number of rotatable bonds is 7. The molecule has 0 spiro atoms. The van der Waals surface area contributed by atoms with Crippen LogP contribution in [0.3, 0.4) is 0 Å². The van der Waals surface area contributed by atoms with E-state index in [4.69, 9.17) is 9.47 Å². The minimum atomic E-state index is -0.862. The molecule has 29 heavy (non-hydrogen) atoms. The topological polar surface area (TPSA) is 99.0 Å². The number of nitrogens with zero attached hydrogens (tertiary/aromatic N) is 2. The van der Waals surface area contributed by atoms with Crippen molar-refractivity contribution < 1.29 is 28.4 Å². The summed E-state index contributed by atoms with van der Waals surface area (Å²) in [5.41, 5.74) is 0.228. The van der Waals surface area contributed by atoms with Crippen molar-refractivity contribution in [2.45, 2.75) is 12.8 Å². The van der Waals surface area contributed by atoms with E-state index in [9.17, 15) is 24.1 Å². The van der Waals surface area contributed by atoms with Crippen LogP contribution in [-0.4, -0.2) is 43.5 Å². The maximum absolute atomic E-state index is 13.5. The Labute approximate surface area is 166 Å². The van der Waals surface area contributed by atoms with Gasteiger partial charge in [0.1, 0.15) is 11.6 Å². The van der Waals surface area contributed by atoms with Gasteiger partial charge in [0.15, 0.2) is 6.61 Å². The third-order valence-corrected chi connectivity index (χ3v) is 4.65. The number of ketones is 1. The van der Waals surface area contributed by atoms with Crippen molar-refractivity contribution in [2.75, 3.05) is 31.7 Å². The molecule has 1 fully saturated rings. The number of Topliss-reactive ketones (excluding diaryl/α,β-unsaturated/α-hetero) is 1. The van der Waals surface area contributed by atoms with Gasteiger partial charge in [-0.05, 0) is 37.1 Å². The fourth-order valence-corrected chi connectivity index (χ4v) is 3.22. The predicted molar refractivity (Wildman–Crippen MR) is 102 cm³/mol. The molecule has 152 valence electrons. The molecule has 1 aliphatic rings. The lowest BCUT2D eigenvalue weighted by molar-refractivity contribution is -0.384. The van der Waals surface area contributed by atoms with Crippen LogP contribution in [0.5, 0.6) is 5.75 Å². The molecule has 0 unspecified atom stereocenters. The van der Waals surface area contributed by atoms with Crippen LogP contribution in [0.1, 0.15) is 33.6 Å². The fraction of sp³-hybridized carbons (Fsp3) is 0.300. The second-order valence-corrected chi connectivity index (χ2v) is 6.50. The Morgan fingerprint density at radius 1 is 1.14 bits per heavy atom. The third-order valence-electron chi connectivity index (χ3n) is 4.65. The lowest BCUT2D eigenvalue weighted by atomic mass is 10.1. The van der Waals surface area contributed by atoms with E-state index in [0.717, 1.165) is 44.1 Å². The second kappa shape index (κ2) is 8.68. The van der Waals surface area contributed by atoms with Gasteiger partial charge in [0.25, 0.3) is 5.69 Å². The Balaban J connectivity index is 1.81. The number of nitro benzene ring substituents is 1. The molecule has 8 nitrogen and oxygen atoms in total. The van der Waals surface area contributed by atoms with Gasteiger partial charge >= 0.3 is 5.97 Å². The normalized spacial score (nSPS) is 13.2. The molecule has 0 aromatic heterocycles. The van der Waals surface area contributed by atoms with Crippen molar-refractivity contribution in [3.05, 3.63) is 63.5 Å². The first kappa shape index (κ1) is 20.2. The molecule has 0 aliphatic carbocycles. The van der Waals surface area contributed by atoms with Crippen molar-refractivity contribution in [2.24, 2.45) is 0 Å². The summed E-state index contributed by atoms with van der Waals surface area (Å²) in [7, 11) is 1.33. The SMILES string of the molecule is COc1ccc(F)cc1C(=O)COC(=O)c1cc([N+](=O)[O-])ccc1N1CCCC1. The van der Waals surface area contributed by atoms with E-state index < -0.39 is 29.1 Å². The molecule has 2 aromatic rings. The van der Waals surface area contributed by atoms with Crippen LogP contribution >= 0.6 is 0 Å². The van der Waals surface area contributed by atoms with Crippen LogP contribution in [0.15, 0.2) is 36.4 Å². The summed E-state index contributed by atoms with van der Waals surface area (Å²) >= 11 is 0. The van der Waals surface area contributed by atoms with Gasteiger partial charge in [0, 0.05) is 25.2 Å². The van der Waals surface area contributed by atoms with E-state index in [2.05, 4.69) is 0 Å². The number of benzene rings is 2. The number of halogens is 1. The molecule has 1 saturated heterocycles. The quantitative estimate of drug-likeness (QED) is 0.303. The Morgan fingerprint density at radius 3 is 2.52 bits per heavy atom. The van der Waals surface area contributed by atoms with Crippen molar-refractivity contribution in [3.63, 3.8) is 0 Å². The molecule has 9 heteroatoms. The standard InChI is InChI=1S/C20H19FN2O6/c1-28-19-7-4-13(21)10-16(19)18(24)12-29-20(25)15-11-14(23(26)27)5-6-17(15)22-8-2-3-9-22/h4-7,10-11H,2-3,8-9,12H2,1H3.